The maximum atomic E-state index is 11.5. The molecule has 5 atom stereocenters. The van der Waals surface area contributed by atoms with E-state index in [0.717, 1.165) is 0 Å². The van der Waals surface area contributed by atoms with Crippen molar-refractivity contribution in [1.82, 2.24) is 0 Å². The molecule has 0 aromatic rings. The standard InChI is InChI=1S/C10H10O7/c1-3(11)14-2-4-5-6(9(12)15-4)8-7(5)16-10(13)17-8/h4-8H,2H2,1H3/t4-,5-,6+,7+,8-/m1/s1. The Labute approximate surface area is 95.9 Å². The molecule has 3 aliphatic rings. The van der Waals surface area contributed by atoms with Gasteiger partial charge in [-0.1, -0.05) is 0 Å². The van der Waals surface area contributed by atoms with Crippen LogP contribution in [0.4, 0.5) is 4.79 Å². The summed E-state index contributed by atoms with van der Waals surface area (Å²) >= 11 is 0. The SMILES string of the molecule is CC(=O)OC[C@H]1OC(=O)[C@@H]2[C@H]3OC(=O)O[C@H]3[C@@H]21. The van der Waals surface area contributed by atoms with Crippen molar-refractivity contribution < 1.29 is 33.3 Å². The van der Waals surface area contributed by atoms with Crippen LogP contribution in [0.3, 0.4) is 0 Å². The fraction of sp³-hybridized carbons (Fsp3) is 0.700. The molecule has 0 N–H and O–H groups in total. The van der Waals surface area contributed by atoms with Gasteiger partial charge in [0, 0.05) is 6.92 Å². The molecule has 0 radical (unpaired) electrons. The van der Waals surface area contributed by atoms with Crippen LogP contribution >= 0.6 is 0 Å². The van der Waals surface area contributed by atoms with E-state index in [2.05, 4.69) is 0 Å². The first kappa shape index (κ1) is 10.4. The van der Waals surface area contributed by atoms with E-state index in [9.17, 15) is 14.4 Å². The zero-order chi connectivity index (χ0) is 12.2. The average Bonchev–Trinajstić information content (AvgIpc) is 2.68. The minimum atomic E-state index is -0.756. The number of carbonyl (C=O) groups excluding carboxylic acids is 3. The van der Waals surface area contributed by atoms with Crippen molar-refractivity contribution in [1.29, 1.82) is 0 Å². The van der Waals surface area contributed by atoms with Crippen LogP contribution in [0.25, 0.3) is 0 Å². The lowest BCUT2D eigenvalue weighted by Crippen LogP contribution is -2.56. The lowest BCUT2D eigenvalue weighted by atomic mass is 9.67. The van der Waals surface area contributed by atoms with Crippen LogP contribution in [0.2, 0.25) is 0 Å². The van der Waals surface area contributed by atoms with Gasteiger partial charge >= 0.3 is 18.1 Å². The summed E-state index contributed by atoms with van der Waals surface area (Å²) in [6, 6.07) is 0. The molecule has 0 aromatic carbocycles. The van der Waals surface area contributed by atoms with Crippen LogP contribution in [0.1, 0.15) is 6.92 Å². The Morgan fingerprint density at radius 1 is 1.24 bits per heavy atom. The van der Waals surface area contributed by atoms with Crippen molar-refractivity contribution in [3.63, 3.8) is 0 Å². The van der Waals surface area contributed by atoms with Gasteiger partial charge in [0.2, 0.25) is 0 Å². The van der Waals surface area contributed by atoms with Gasteiger partial charge in [0.15, 0.2) is 12.2 Å². The Morgan fingerprint density at radius 2 is 1.94 bits per heavy atom. The van der Waals surface area contributed by atoms with Gasteiger partial charge in [-0.3, -0.25) is 9.59 Å². The third-order valence-corrected chi connectivity index (χ3v) is 3.36. The van der Waals surface area contributed by atoms with Gasteiger partial charge in [-0.15, -0.1) is 0 Å². The summed E-state index contributed by atoms with van der Waals surface area (Å²) < 4.78 is 19.7. The van der Waals surface area contributed by atoms with Crippen LogP contribution in [-0.4, -0.2) is 43.0 Å². The molecule has 0 unspecified atom stereocenters. The van der Waals surface area contributed by atoms with Crippen LogP contribution in [0.15, 0.2) is 0 Å². The number of ether oxygens (including phenoxy) is 4. The molecular formula is C10H10O7. The highest BCUT2D eigenvalue weighted by Gasteiger charge is 2.70. The van der Waals surface area contributed by atoms with Crippen molar-refractivity contribution in [3.05, 3.63) is 0 Å². The summed E-state index contributed by atoms with van der Waals surface area (Å²) in [5, 5.41) is 0. The van der Waals surface area contributed by atoms with Crippen LogP contribution in [0.5, 0.6) is 0 Å². The van der Waals surface area contributed by atoms with E-state index < -0.39 is 42.3 Å². The summed E-state index contributed by atoms with van der Waals surface area (Å²) in [5.74, 6) is -1.61. The minimum absolute atomic E-state index is 0.0109. The fourth-order valence-electron chi connectivity index (χ4n) is 2.62. The summed E-state index contributed by atoms with van der Waals surface area (Å²) in [5.41, 5.74) is 0. The Bertz CT molecular complexity index is 403. The zero-order valence-electron chi connectivity index (χ0n) is 8.95. The van der Waals surface area contributed by atoms with Gasteiger partial charge < -0.3 is 18.9 Å². The van der Waals surface area contributed by atoms with E-state index in [1.54, 1.807) is 0 Å². The maximum absolute atomic E-state index is 11.5. The van der Waals surface area contributed by atoms with Gasteiger partial charge in [0.05, 0.1) is 5.92 Å². The largest absolute Gasteiger partial charge is 0.509 e. The highest BCUT2D eigenvalue weighted by Crippen LogP contribution is 2.50. The van der Waals surface area contributed by atoms with Crippen LogP contribution < -0.4 is 0 Å². The molecule has 3 fully saturated rings. The van der Waals surface area contributed by atoms with Gasteiger partial charge in [-0.2, -0.15) is 0 Å². The lowest BCUT2D eigenvalue weighted by molar-refractivity contribution is -0.152. The highest BCUT2D eigenvalue weighted by molar-refractivity contribution is 5.80. The molecule has 3 rings (SSSR count). The quantitative estimate of drug-likeness (QED) is 0.482. The van der Waals surface area contributed by atoms with E-state index in [-0.39, 0.29) is 12.5 Å². The van der Waals surface area contributed by atoms with Gasteiger partial charge in [0.25, 0.3) is 0 Å². The van der Waals surface area contributed by atoms with Gasteiger partial charge in [-0.05, 0) is 0 Å². The van der Waals surface area contributed by atoms with Crippen LogP contribution in [0, 0.1) is 11.8 Å². The topological polar surface area (TPSA) is 88.1 Å². The van der Waals surface area contributed by atoms with E-state index in [0.29, 0.717) is 0 Å². The van der Waals surface area contributed by atoms with Crippen molar-refractivity contribution in [2.45, 2.75) is 25.2 Å². The molecule has 0 spiro atoms. The van der Waals surface area contributed by atoms with E-state index in [1.165, 1.54) is 6.92 Å². The summed E-state index contributed by atoms with van der Waals surface area (Å²) in [4.78, 5) is 33.2. The molecule has 1 saturated carbocycles. The second-order valence-corrected chi connectivity index (χ2v) is 4.30. The third-order valence-electron chi connectivity index (χ3n) is 3.36. The van der Waals surface area contributed by atoms with E-state index in [4.69, 9.17) is 18.9 Å². The fourth-order valence-corrected chi connectivity index (χ4v) is 2.62. The Morgan fingerprint density at radius 3 is 2.65 bits per heavy atom. The highest BCUT2D eigenvalue weighted by atomic mass is 16.8. The van der Waals surface area contributed by atoms with Crippen LogP contribution in [-0.2, 0) is 28.5 Å². The summed E-state index contributed by atoms with van der Waals surface area (Å²) in [6.45, 7) is 1.26. The van der Waals surface area contributed by atoms with E-state index >= 15 is 0 Å². The summed E-state index contributed by atoms with van der Waals surface area (Å²) in [6.07, 6.45) is -2.30. The molecule has 17 heavy (non-hydrogen) atoms. The number of fused-ring (bicyclic) bond motifs is 4. The van der Waals surface area contributed by atoms with Crippen molar-refractivity contribution >= 4 is 18.1 Å². The first-order valence-electron chi connectivity index (χ1n) is 5.29. The lowest BCUT2D eigenvalue weighted by Gasteiger charge is -2.37. The van der Waals surface area contributed by atoms with Crippen molar-refractivity contribution in [2.75, 3.05) is 6.61 Å². The number of hydrogen-bond acceptors (Lipinski definition) is 7. The van der Waals surface area contributed by atoms with Crippen molar-refractivity contribution in [2.24, 2.45) is 11.8 Å². The molecule has 2 heterocycles. The first-order valence-corrected chi connectivity index (χ1v) is 5.29. The normalized spacial score (nSPS) is 41.6. The molecule has 7 nitrogen and oxygen atoms in total. The second kappa shape index (κ2) is 3.35. The average molecular weight is 242 g/mol. The smallest absolute Gasteiger partial charge is 0.462 e. The number of cyclic esters (lactones) is 1. The molecule has 1 aliphatic carbocycles. The number of rotatable bonds is 2. The Hall–Kier alpha value is -1.79. The minimum Gasteiger partial charge on any atom is -0.462 e. The molecule has 0 aromatic heterocycles. The van der Waals surface area contributed by atoms with Gasteiger partial charge in [0.1, 0.15) is 18.6 Å². The molecule has 2 saturated heterocycles. The Balaban J connectivity index is 1.71. The number of carbonyl (C=O) groups is 3. The molecule has 0 amide bonds. The number of esters is 2. The molecule has 7 heteroatoms. The first-order chi connectivity index (χ1) is 8.08. The molecule has 2 aliphatic heterocycles. The van der Waals surface area contributed by atoms with E-state index in [1.807, 2.05) is 0 Å². The molecule has 92 valence electrons. The third kappa shape index (κ3) is 1.38. The predicted molar refractivity (Wildman–Crippen MR) is 48.6 cm³/mol. The Kier molecular flexibility index (Phi) is 2.04. The molecular weight excluding hydrogens is 232 g/mol. The maximum Gasteiger partial charge on any atom is 0.509 e. The van der Waals surface area contributed by atoms with Gasteiger partial charge in [-0.25, -0.2) is 4.79 Å². The summed E-state index contributed by atoms with van der Waals surface area (Å²) in [7, 11) is 0. The second-order valence-electron chi connectivity index (χ2n) is 4.30. The molecule has 0 bridgehead atoms. The zero-order valence-corrected chi connectivity index (χ0v) is 8.95. The van der Waals surface area contributed by atoms with Crippen molar-refractivity contribution in [3.8, 4) is 0 Å². The number of hydrogen-bond donors (Lipinski definition) is 0. The predicted octanol–water partition coefficient (Wildman–Crippen LogP) is -0.375. The monoisotopic (exact) mass is 242 g/mol.